The number of rotatable bonds is 6. The number of β-amino-alcohol motifs (C(OH)–C–C–N with tert-alkyl or cyclic N) is 1. The van der Waals surface area contributed by atoms with Crippen LogP contribution in [0.15, 0.2) is 34.9 Å². The summed E-state index contributed by atoms with van der Waals surface area (Å²) in [6, 6.07) is 5.53. The molecule has 1 amide bonds. The number of aromatic nitrogens is 1. The lowest BCUT2D eigenvalue weighted by Crippen LogP contribution is -2.47. The van der Waals surface area contributed by atoms with Gasteiger partial charge in [0.2, 0.25) is 5.89 Å². The van der Waals surface area contributed by atoms with E-state index in [4.69, 9.17) is 4.42 Å². The molecule has 0 saturated carbocycles. The summed E-state index contributed by atoms with van der Waals surface area (Å²) < 4.78 is 18.3. The molecule has 1 aliphatic rings. The summed E-state index contributed by atoms with van der Waals surface area (Å²) in [6.07, 6.45) is 1.01. The Kier molecular flexibility index (Phi) is 5.97. The normalized spacial score (nSPS) is 17.2. The van der Waals surface area contributed by atoms with Crippen LogP contribution in [-0.4, -0.2) is 64.6 Å². The Bertz CT molecular complexity index is 724. The van der Waals surface area contributed by atoms with Crippen molar-refractivity contribution in [2.45, 2.75) is 19.6 Å². The highest BCUT2D eigenvalue weighted by Crippen LogP contribution is 2.12. The molecule has 140 valence electrons. The smallest absolute Gasteiger partial charge is 0.277 e. The first-order valence-corrected chi connectivity index (χ1v) is 8.63. The van der Waals surface area contributed by atoms with E-state index >= 15 is 0 Å². The average Bonchev–Trinajstić information content (AvgIpc) is 3.07. The van der Waals surface area contributed by atoms with E-state index in [1.807, 2.05) is 0 Å². The lowest BCUT2D eigenvalue weighted by molar-refractivity contribution is 0.0747. The third-order valence-corrected chi connectivity index (χ3v) is 4.23. The Morgan fingerprint density at radius 3 is 2.58 bits per heavy atom. The summed E-state index contributed by atoms with van der Waals surface area (Å²) in [5, 5.41) is 12.1. The number of nitrogens with zero attached hydrogens (tertiary/aromatic N) is 3. The molecule has 1 aromatic carbocycles. The molecule has 3 rings (SSSR count). The number of anilines is 1. The third-order valence-electron chi connectivity index (χ3n) is 4.23. The number of oxazole rings is 1. The molecule has 1 atom stereocenters. The van der Waals surface area contributed by atoms with Crippen molar-refractivity contribution >= 4 is 11.6 Å². The van der Waals surface area contributed by atoms with E-state index in [1.165, 1.54) is 30.5 Å². The molecule has 26 heavy (non-hydrogen) atoms. The van der Waals surface area contributed by atoms with Gasteiger partial charge >= 0.3 is 0 Å². The maximum atomic E-state index is 12.9. The fourth-order valence-corrected chi connectivity index (χ4v) is 2.91. The third kappa shape index (κ3) is 5.10. The van der Waals surface area contributed by atoms with Gasteiger partial charge in [0.1, 0.15) is 12.1 Å². The van der Waals surface area contributed by atoms with Crippen LogP contribution in [-0.2, 0) is 6.54 Å². The molecular formula is C18H23FN4O3. The Hall–Kier alpha value is -2.29. The first kappa shape index (κ1) is 18.5. The van der Waals surface area contributed by atoms with Gasteiger partial charge in [-0.3, -0.25) is 14.6 Å². The highest BCUT2D eigenvalue weighted by Gasteiger charge is 2.20. The Labute approximate surface area is 151 Å². The summed E-state index contributed by atoms with van der Waals surface area (Å²) in [5.74, 6) is -0.271. The van der Waals surface area contributed by atoms with Gasteiger partial charge in [0.25, 0.3) is 5.91 Å². The van der Waals surface area contributed by atoms with Crippen LogP contribution in [0.25, 0.3) is 0 Å². The molecule has 0 radical (unpaired) electrons. The van der Waals surface area contributed by atoms with E-state index in [2.05, 4.69) is 20.1 Å². The summed E-state index contributed by atoms with van der Waals surface area (Å²) >= 11 is 0. The Morgan fingerprint density at radius 1 is 1.27 bits per heavy atom. The minimum atomic E-state index is -0.395. The zero-order valence-electron chi connectivity index (χ0n) is 14.7. The van der Waals surface area contributed by atoms with Crippen LogP contribution in [0.2, 0.25) is 0 Å². The minimum absolute atomic E-state index is 0.192. The van der Waals surface area contributed by atoms with Crippen molar-refractivity contribution in [2.24, 2.45) is 0 Å². The number of carbonyl (C=O) groups is 1. The van der Waals surface area contributed by atoms with Gasteiger partial charge in [0, 0.05) is 38.4 Å². The zero-order valence-corrected chi connectivity index (χ0v) is 14.7. The van der Waals surface area contributed by atoms with Crippen LogP contribution < -0.4 is 5.32 Å². The standard InChI is InChI=1S/C18H23FN4O3/c1-13(24)10-22-6-8-23(9-7-22)11-17-21-16(12-26-17)18(25)20-15-4-2-14(19)3-5-15/h2-5,12-13,24H,6-11H2,1H3,(H,20,25). The Balaban J connectivity index is 1.50. The number of carbonyl (C=O) groups excluding carboxylic acids is 1. The molecule has 2 aromatic rings. The van der Waals surface area contributed by atoms with E-state index in [0.29, 0.717) is 24.7 Å². The molecule has 1 unspecified atom stereocenters. The van der Waals surface area contributed by atoms with Crippen LogP contribution in [0.4, 0.5) is 10.1 Å². The maximum absolute atomic E-state index is 12.9. The molecule has 2 N–H and O–H groups in total. The van der Waals surface area contributed by atoms with Gasteiger partial charge in [-0.1, -0.05) is 0 Å². The number of aliphatic hydroxyl groups is 1. The molecule has 1 saturated heterocycles. The fraction of sp³-hybridized carbons (Fsp3) is 0.444. The van der Waals surface area contributed by atoms with Crippen molar-refractivity contribution in [1.82, 2.24) is 14.8 Å². The quantitative estimate of drug-likeness (QED) is 0.812. The molecule has 7 nitrogen and oxygen atoms in total. The lowest BCUT2D eigenvalue weighted by Gasteiger charge is -2.34. The summed E-state index contributed by atoms with van der Waals surface area (Å²) in [7, 11) is 0. The zero-order chi connectivity index (χ0) is 18.5. The van der Waals surface area contributed by atoms with E-state index in [-0.39, 0.29) is 17.6 Å². The van der Waals surface area contributed by atoms with E-state index in [9.17, 15) is 14.3 Å². The van der Waals surface area contributed by atoms with Gasteiger partial charge in [-0.25, -0.2) is 9.37 Å². The molecular weight excluding hydrogens is 339 g/mol. The second-order valence-corrected chi connectivity index (χ2v) is 6.51. The largest absolute Gasteiger partial charge is 0.447 e. The number of aliphatic hydroxyl groups excluding tert-OH is 1. The SMILES string of the molecule is CC(O)CN1CCN(Cc2nc(C(=O)Nc3ccc(F)cc3)co2)CC1. The highest BCUT2D eigenvalue weighted by molar-refractivity contribution is 6.02. The molecule has 2 heterocycles. The molecule has 0 aliphatic carbocycles. The van der Waals surface area contributed by atoms with Gasteiger partial charge in [0.05, 0.1) is 12.6 Å². The number of piperazine rings is 1. The minimum Gasteiger partial charge on any atom is -0.447 e. The second-order valence-electron chi connectivity index (χ2n) is 6.51. The summed E-state index contributed by atoms with van der Waals surface area (Å²) in [6.45, 7) is 6.47. The first-order chi connectivity index (χ1) is 12.5. The highest BCUT2D eigenvalue weighted by atomic mass is 19.1. The predicted molar refractivity (Wildman–Crippen MR) is 94.3 cm³/mol. The molecule has 1 aliphatic heterocycles. The van der Waals surface area contributed by atoms with E-state index in [0.717, 1.165) is 26.2 Å². The van der Waals surface area contributed by atoms with Crippen molar-refractivity contribution in [3.63, 3.8) is 0 Å². The second kappa shape index (κ2) is 8.39. The molecule has 0 bridgehead atoms. The monoisotopic (exact) mass is 362 g/mol. The van der Waals surface area contributed by atoms with E-state index in [1.54, 1.807) is 6.92 Å². The average molecular weight is 362 g/mol. The topological polar surface area (TPSA) is 81.8 Å². The Morgan fingerprint density at radius 2 is 1.92 bits per heavy atom. The van der Waals surface area contributed by atoms with Crippen molar-refractivity contribution < 1.29 is 18.7 Å². The number of halogens is 1. The van der Waals surface area contributed by atoms with Gasteiger partial charge < -0.3 is 14.8 Å². The maximum Gasteiger partial charge on any atom is 0.277 e. The van der Waals surface area contributed by atoms with Crippen LogP contribution in [0.3, 0.4) is 0 Å². The number of hydrogen-bond acceptors (Lipinski definition) is 6. The van der Waals surface area contributed by atoms with Gasteiger partial charge in [-0.2, -0.15) is 0 Å². The molecule has 1 aromatic heterocycles. The number of nitrogens with one attached hydrogen (secondary N) is 1. The molecule has 1 fully saturated rings. The first-order valence-electron chi connectivity index (χ1n) is 8.63. The fourth-order valence-electron chi connectivity index (χ4n) is 2.91. The van der Waals surface area contributed by atoms with E-state index < -0.39 is 5.91 Å². The van der Waals surface area contributed by atoms with Crippen LogP contribution in [0.5, 0.6) is 0 Å². The van der Waals surface area contributed by atoms with Gasteiger partial charge in [-0.05, 0) is 31.2 Å². The molecule has 0 spiro atoms. The predicted octanol–water partition coefficient (Wildman–Crippen LogP) is 1.56. The number of benzene rings is 1. The number of amides is 1. The lowest BCUT2D eigenvalue weighted by atomic mass is 10.3. The van der Waals surface area contributed by atoms with Crippen LogP contribution in [0, 0.1) is 5.82 Å². The number of hydrogen-bond donors (Lipinski definition) is 2. The van der Waals surface area contributed by atoms with Crippen molar-refractivity contribution in [3.8, 4) is 0 Å². The summed E-state index contributed by atoms with van der Waals surface area (Å²) in [4.78, 5) is 20.8. The van der Waals surface area contributed by atoms with Gasteiger partial charge in [-0.15, -0.1) is 0 Å². The van der Waals surface area contributed by atoms with Crippen molar-refractivity contribution in [2.75, 3.05) is 38.0 Å². The molecule has 8 heteroatoms. The van der Waals surface area contributed by atoms with Gasteiger partial charge in [0.15, 0.2) is 5.69 Å². The van der Waals surface area contributed by atoms with Crippen molar-refractivity contribution in [1.29, 1.82) is 0 Å². The van der Waals surface area contributed by atoms with Crippen LogP contribution in [0.1, 0.15) is 23.3 Å². The van der Waals surface area contributed by atoms with Crippen LogP contribution >= 0.6 is 0 Å². The van der Waals surface area contributed by atoms with Crippen molar-refractivity contribution in [3.05, 3.63) is 47.9 Å². The summed E-state index contributed by atoms with van der Waals surface area (Å²) in [5.41, 5.74) is 0.687.